The molecule has 0 aliphatic carbocycles. The Morgan fingerprint density at radius 3 is 0.607 bits per heavy atom. The van der Waals surface area contributed by atoms with Gasteiger partial charge in [-0.25, -0.2) is 0 Å². The Morgan fingerprint density at radius 1 is 0.250 bits per heavy atom. The van der Waals surface area contributed by atoms with E-state index in [-0.39, 0.29) is 77.0 Å². The normalized spacial score (nSPS) is 10.9. The maximum absolute atomic E-state index is 6.15. The number of benzene rings is 8. The molecule has 0 atom stereocenters. The maximum atomic E-state index is 6.15. The topological polar surface area (TPSA) is 0 Å². The van der Waals surface area contributed by atoms with Crippen molar-refractivity contribution in [1.82, 2.24) is 0 Å². The Hall–Kier alpha value is -2.30. The Labute approximate surface area is 389 Å². The summed E-state index contributed by atoms with van der Waals surface area (Å²) in [4.78, 5) is 0. The standard InChI is InChI=1S/2C24H19ClPSe.2HI/c2*25-20-16-18-24(19-17-20)27-26(21-10-4-1-5-11-21,22-12-6-2-7-13-22)23-14-8-3-9-15-23;;/h2*1-19H;2*1H/q2*+1;;/p-2. The minimum absolute atomic E-state index is 0. The quantitative estimate of drug-likeness (QED) is 0.112. The summed E-state index contributed by atoms with van der Waals surface area (Å²) in [5, 5.41) is 10.1. The first-order valence-corrected chi connectivity index (χ1v) is 28.1. The molecule has 56 heavy (non-hydrogen) atoms. The van der Waals surface area contributed by atoms with Gasteiger partial charge in [0.25, 0.3) is 0 Å². The van der Waals surface area contributed by atoms with Gasteiger partial charge in [0, 0.05) is 0 Å². The Bertz CT molecular complexity index is 1960. The van der Waals surface area contributed by atoms with Crippen molar-refractivity contribution in [3.63, 3.8) is 0 Å². The van der Waals surface area contributed by atoms with E-state index in [0.717, 1.165) is 10.0 Å². The molecule has 0 spiro atoms. The number of halogens is 4. The second kappa shape index (κ2) is 22.2. The van der Waals surface area contributed by atoms with Gasteiger partial charge in [-0.1, -0.05) is 0 Å². The molecule has 8 aromatic carbocycles. The zero-order chi connectivity index (χ0) is 37.1. The van der Waals surface area contributed by atoms with Crippen molar-refractivity contribution in [2.24, 2.45) is 0 Å². The minimum Gasteiger partial charge on any atom is -1.00 e. The van der Waals surface area contributed by atoms with Crippen LogP contribution in [-0.2, 0) is 0 Å². The van der Waals surface area contributed by atoms with Crippen LogP contribution in [0.4, 0.5) is 0 Å². The molecular formula is C48H38Cl2I2P2Se2. The fourth-order valence-corrected chi connectivity index (χ4v) is 28.1. The molecule has 8 heteroatoms. The van der Waals surface area contributed by atoms with E-state index in [9.17, 15) is 0 Å². The van der Waals surface area contributed by atoms with Crippen LogP contribution in [-0.4, -0.2) is 29.0 Å². The van der Waals surface area contributed by atoms with Crippen LogP contribution in [0.1, 0.15) is 0 Å². The zero-order valence-electron chi connectivity index (χ0n) is 30.2. The first kappa shape index (κ1) is 44.8. The van der Waals surface area contributed by atoms with Gasteiger partial charge >= 0.3 is 345 Å². The average molecular weight is 1160 g/mol. The SMILES string of the molecule is Clc1ccc([Se][P+](c2ccccc2)(c2ccccc2)c2ccccc2)cc1.Clc1ccc([Se][P+](c2ccccc2)(c2ccccc2)c2ccccc2)cc1.[I-].[I-]. The summed E-state index contributed by atoms with van der Waals surface area (Å²) in [6, 6.07) is 82.9. The zero-order valence-corrected chi connectivity index (χ0v) is 41.2. The summed E-state index contributed by atoms with van der Waals surface area (Å²) >= 11 is 12.8. The van der Waals surface area contributed by atoms with Gasteiger partial charge in [0.15, 0.2) is 0 Å². The van der Waals surface area contributed by atoms with Crippen molar-refractivity contribution in [3.05, 3.63) is 241 Å². The molecule has 0 aliphatic heterocycles. The van der Waals surface area contributed by atoms with Crippen LogP contribution in [0.15, 0.2) is 231 Å². The van der Waals surface area contributed by atoms with E-state index >= 15 is 0 Å². The van der Waals surface area contributed by atoms with E-state index in [0.29, 0.717) is 0 Å². The summed E-state index contributed by atoms with van der Waals surface area (Å²) in [6.07, 6.45) is 0. The van der Waals surface area contributed by atoms with Crippen molar-refractivity contribution in [2.45, 2.75) is 0 Å². The molecule has 8 aromatic rings. The molecular weight excluding hydrogens is 1120 g/mol. The van der Waals surface area contributed by atoms with Crippen LogP contribution < -0.4 is 88.7 Å². The minimum atomic E-state index is -1.77. The summed E-state index contributed by atoms with van der Waals surface area (Å²) in [6.45, 7) is 0. The summed E-state index contributed by atoms with van der Waals surface area (Å²) in [5.41, 5.74) is 0. The molecule has 0 aliphatic rings. The average Bonchev–Trinajstić information content (AvgIpc) is 3.25. The monoisotopic (exact) mass is 1160 g/mol. The van der Waals surface area contributed by atoms with Crippen molar-refractivity contribution < 1.29 is 48.0 Å². The summed E-state index contributed by atoms with van der Waals surface area (Å²) in [5.74, 6) is -3.54. The number of hydrogen-bond donors (Lipinski definition) is 0. The fourth-order valence-electron chi connectivity index (χ4n) is 6.35. The van der Waals surface area contributed by atoms with Gasteiger partial charge in [0.1, 0.15) is 0 Å². The fraction of sp³-hybridized carbons (Fsp3) is 0. The molecule has 0 saturated carbocycles. The molecule has 280 valence electrons. The Morgan fingerprint density at radius 2 is 0.429 bits per heavy atom. The van der Waals surface area contributed by atoms with Crippen LogP contribution in [0, 0.1) is 0 Å². The number of hydrogen-bond acceptors (Lipinski definition) is 0. The maximum Gasteiger partial charge on any atom is -1.00 e. The Kier molecular flexibility index (Phi) is 17.7. The molecule has 0 radical (unpaired) electrons. The molecule has 0 nitrogen and oxygen atoms in total. The molecule has 0 N–H and O–H groups in total. The molecule has 0 unspecified atom stereocenters. The third-order valence-corrected chi connectivity index (χ3v) is 31.7. The van der Waals surface area contributed by atoms with Crippen molar-refractivity contribution in [3.8, 4) is 0 Å². The van der Waals surface area contributed by atoms with Gasteiger partial charge in [-0.2, -0.15) is 0 Å². The van der Waals surface area contributed by atoms with Gasteiger partial charge < -0.3 is 48.0 Å². The number of rotatable bonds is 10. The van der Waals surface area contributed by atoms with Crippen LogP contribution in [0.2, 0.25) is 10.0 Å². The van der Waals surface area contributed by atoms with Crippen LogP contribution >= 0.6 is 35.1 Å². The largest absolute Gasteiger partial charge is 1.00 e. The third-order valence-electron chi connectivity index (χ3n) is 8.83. The van der Waals surface area contributed by atoms with E-state index in [1.807, 2.05) is 24.3 Å². The third kappa shape index (κ3) is 10.7. The molecule has 0 aromatic heterocycles. The van der Waals surface area contributed by atoms with Crippen molar-refractivity contribution in [2.75, 3.05) is 0 Å². The molecule has 0 amide bonds. The second-order valence-electron chi connectivity index (χ2n) is 12.3. The van der Waals surface area contributed by atoms with Crippen molar-refractivity contribution >= 4 is 105 Å². The van der Waals surface area contributed by atoms with Crippen LogP contribution in [0.5, 0.6) is 0 Å². The van der Waals surface area contributed by atoms with Gasteiger partial charge in [0.2, 0.25) is 0 Å². The first-order valence-electron chi connectivity index (χ1n) is 17.6. The second-order valence-corrected chi connectivity index (χ2v) is 30.3. The molecule has 0 fully saturated rings. The summed E-state index contributed by atoms with van der Waals surface area (Å²) in [7, 11) is 0. The van der Waals surface area contributed by atoms with E-state index in [1.165, 1.54) is 40.8 Å². The first-order chi connectivity index (χ1) is 26.6. The molecule has 0 saturated heterocycles. The van der Waals surface area contributed by atoms with E-state index < -0.39 is 11.9 Å². The Balaban J connectivity index is 0.000000207. The molecule has 0 bridgehead atoms. The van der Waals surface area contributed by atoms with Gasteiger partial charge in [0.05, 0.1) is 0 Å². The van der Waals surface area contributed by atoms with Gasteiger partial charge in [-0.05, 0) is 0 Å². The van der Waals surface area contributed by atoms with E-state index in [2.05, 4.69) is 206 Å². The van der Waals surface area contributed by atoms with Crippen LogP contribution in [0.3, 0.4) is 0 Å². The van der Waals surface area contributed by atoms with E-state index in [4.69, 9.17) is 23.2 Å². The molecule has 8 rings (SSSR count). The van der Waals surface area contributed by atoms with Crippen molar-refractivity contribution in [1.29, 1.82) is 0 Å². The van der Waals surface area contributed by atoms with E-state index in [1.54, 1.807) is 0 Å². The smallest absolute Gasteiger partial charge is 1.00 e. The van der Waals surface area contributed by atoms with Gasteiger partial charge in [-0.15, -0.1) is 0 Å². The molecule has 0 heterocycles. The van der Waals surface area contributed by atoms with Crippen LogP contribution in [0.25, 0.3) is 0 Å². The predicted molar refractivity (Wildman–Crippen MR) is 244 cm³/mol. The van der Waals surface area contributed by atoms with Gasteiger partial charge in [-0.3, -0.25) is 0 Å². The summed E-state index contributed by atoms with van der Waals surface area (Å²) < 4.78 is 2.74. The predicted octanol–water partition coefficient (Wildman–Crippen LogP) is 3.17.